The Morgan fingerprint density at radius 3 is 2.62 bits per heavy atom. The molecule has 0 amide bonds. The summed E-state index contributed by atoms with van der Waals surface area (Å²) in [7, 11) is 0. The monoisotopic (exact) mass is 285 g/mol. The van der Waals surface area contributed by atoms with Crippen LogP contribution in [0.5, 0.6) is 0 Å². The van der Waals surface area contributed by atoms with Crippen molar-refractivity contribution in [2.45, 2.75) is 52.0 Å². The molecule has 0 bridgehead atoms. The molecule has 0 spiro atoms. The van der Waals surface area contributed by atoms with Crippen molar-refractivity contribution in [1.29, 1.82) is 0 Å². The summed E-state index contributed by atoms with van der Waals surface area (Å²) >= 11 is 0. The highest BCUT2D eigenvalue weighted by Gasteiger charge is 2.36. The Kier molecular flexibility index (Phi) is 3.57. The number of aromatic nitrogens is 2. The zero-order chi connectivity index (χ0) is 15.0. The Bertz CT molecular complexity index is 639. The van der Waals surface area contributed by atoms with E-state index in [4.69, 9.17) is 10.3 Å². The molecule has 1 aromatic heterocycles. The van der Waals surface area contributed by atoms with Gasteiger partial charge in [0, 0.05) is 5.56 Å². The lowest BCUT2D eigenvalue weighted by molar-refractivity contribution is 0.230. The Hall–Kier alpha value is -1.68. The Labute approximate surface area is 125 Å². The van der Waals surface area contributed by atoms with E-state index in [0.29, 0.717) is 11.7 Å². The zero-order valence-electron chi connectivity index (χ0n) is 13.0. The van der Waals surface area contributed by atoms with Crippen LogP contribution in [0.3, 0.4) is 0 Å². The maximum absolute atomic E-state index is 6.51. The minimum absolute atomic E-state index is 0.424. The maximum Gasteiger partial charge on any atom is 0.258 e. The van der Waals surface area contributed by atoms with Gasteiger partial charge in [0.25, 0.3) is 5.89 Å². The van der Waals surface area contributed by atoms with Gasteiger partial charge in [-0.3, -0.25) is 0 Å². The lowest BCUT2D eigenvalue weighted by Gasteiger charge is -2.33. The molecule has 0 aliphatic heterocycles. The summed E-state index contributed by atoms with van der Waals surface area (Å²) in [6.07, 6.45) is 4.12. The van der Waals surface area contributed by atoms with Gasteiger partial charge in [-0.25, -0.2) is 0 Å². The van der Waals surface area contributed by atoms with Crippen LogP contribution in [0, 0.1) is 19.8 Å². The lowest BCUT2D eigenvalue weighted by atomic mass is 9.77. The molecule has 1 aromatic carbocycles. The smallest absolute Gasteiger partial charge is 0.258 e. The summed E-state index contributed by atoms with van der Waals surface area (Å²) < 4.78 is 5.48. The van der Waals surface area contributed by atoms with E-state index < -0.39 is 5.54 Å². The number of rotatable bonds is 2. The first-order valence-corrected chi connectivity index (χ1v) is 7.69. The van der Waals surface area contributed by atoms with E-state index >= 15 is 0 Å². The van der Waals surface area contributed by atoms with Crippen LogP contribution in [-0.4, -0.2) is 10.1 Å². The van der Waals surface area contributed by atoms with E-state index in [-0.39, 0.29) is 0 Å². The topological polar surface area (TPSA) is 64.9 Å². The second kappa shape index (κ2) is 5.26. The fraction of sp³-hybridized carbons (Fsp3) is 0.529. The first-order chi connectivity index (χ1) is 9.98. The molecule has 1 fully saturated rings. The van der Waals surface area contributed by atoms with E-state index in [9.17, 15) is 0 Å². The molecule has 112 valence electrons. The highest BCUT2D eigenvalue weighted by atomic mass is 16.5. The molecular formula is C17H23N3O. The molecular weight excluding hydrogens is 262 g/mol. The number of benzene rings is 1. The van der Waals surface area contributed by atoms with Gasteiger partial charge in [-0.2, -0.15) is 4.98 Å². The largest absolute Gasteiger partial charge is 0.334 e. The molecule has 4 nitrogen and oxygen atoms in total. The number of hydrogen-bond donors (Lipinski definition) is 1. The fourth-order valence-corrected chi connectivity index (χ4v) is 3.09. The van der Waals surface area contributed by atoms with Crippen molar-refractivity contribution in [3.05, 3.63) is 35.2 Å². The first kappa shape index (κ1) is 14.3. The molecule has 21 heavy (non-hydrogen) atoms. The molecule has 2 N–H and O–H groups in total. The van der Waals surface area contributed by atoms with E-state index in [1.807, 2.05) is 6.07 Å². The van der Waals surface area contributed by atoms with Gasteiger partial charge in [-0.15, -0.1) is 0 Å². The molecule has 0 unspecified atom stereocenters. The van der Waals surface area contributed by atoms with Crippen LogP contribution in [0.2, 0.25) is 0 Å². The summed E-state index contributed by atoms with van der Waals surface area (Å²) in [6.45, 7) is 6.41. The molecule has 2 aromatic rings. The quantitative estimate of drug-likeness (QED) is 0.913. The van der Waals surface area contributed by atoms with Gasteiger partial charge in [-0.05, 0) is 57.1 Å². The fourth-order valence-electron chi connectivity index (χ4n) is 3.09. The molecule has 0 saturated heterocycles. The Morgan fingerprint density at radius 1 is 1.24 bits per heavy atom. The van der Waals surface area contributed by atoms with Gasteiger partial charge in [0.15, 0.2) is 5.82 Å². The third-order valence-corrected chi connectivity index (χ3v) is 4.65. The molecule has 1 aliphatic carbocycles. The average molecular weight is 285 g/mol. The normalized spacial score (nSPS) is 26.0. The SMILES string of the molecule is Cc1ccc(-c2nc(C3(N)CCC(C)CC3)no2)c(C)c1. The minimum atomic E-state index is -0.424. The van der Waals surface area contributed by atoms with Gasteiger partial charge in [0.2, 0.25) is 0 Å². The van der Waals surface area contributed by atoms with Crippen LogP contribution in [0.25, 0.3) is 11.5 Å². The molecule has 1 heterocycles. The number of nitrogens with two attached hydrogens (primary N) is 1. The van der Waals surface area contributed by atoms with Crippen molar-refractivity contribution >= 4 is 0 Å². The van der Waals surface area contributed by atoms with E-state index in [1.54, 1.807) is 0 Å². The van der Waals surface area contributed by atoms with E-state index in [0.717, 1.165) is 42.7 Å². The third kappa shape index (κ3) is 2.72. The first-order valence-electron chi connectivity index (χ1n) is 7.69. The van der Waals surface area contributed by atoms with Crippen molar-refractivity contribution in [3.63, 3.8) is 0 Å². The molecule has 4 heteroatoms. The van der Waals surface area contributed by atoms with Crippen LogP contribution < -0.4 is 5.73 Å². The van der Waals surface area contributed by atoms with Crippen LogP contribution in [0.4, 0.5) is 0 Å². The van der Waals surface area contributed by atoms with Crippen molar-refractivity contribution in [3.8, 4) is 11.5 Å². The van der Waals surface area contributed by atoms with Gasteiger partial charge >= 0.3 is 0 Å². The van der Waals surface area contributed by atoms with Gasteiger partial charge < -0.3 is 10.3 Å². The molecule has 1 saturated carbocycles. The molecule has 0 radical (unpaired) electrons. The summed E-state index contributed by atoms with van der Waals surface area (Å²) in [5, 5.41) is 4.17. The van der Waals surface area contributed by atoms with Gasteiger partial charge in [-0.1, -0.05) is 29.8 Å². The lowest BCUT2D eigenvalue weighted by Crippen LogP contribution is -2.41. The zero-order valence-corrected chi connectivity index (χ0v) is 13.0. The predicted molar refractivity (Wildman–Crippen MR) is 82.7 cm³/mol. The maximum atomic E-state index is 6.51. The van der Waals surface area contributed by atoms with Crippen molar-refractivity contribution in [2.75, 3.05) is 0 Å². The van der Waals surface area contributed by atoms with Crippen LogP contribution >= 0.6 is 0 Å². The summed E-state index contributed by atoms with van der Waals surface area (Å²) in [6, 6.07) is 6.22. The van der Waals surface area contributed by atoms with E-state index in [2.05, 4.69) is 43.0 Å². The molecule has 0 atom stereocenters. The highest BCUT2D eigenvalue weighted by Crippen LogP contribution is 2.36. The van der Waals surface area contributed by atoms with Crippen molar-refractivity contribution in [1.82, 2.24) is 10.1 Å². The third-order valence-electron chi connectivity index (χ3n) is 4.65. The molecule has 3 rings (SSSR count). The van der Waals surface area contributed by atoms with E-state index in [1.165, 1.54) is 5.56 Å². The second-order valence-corrected chi connectivity index (χ2v) is 6.58. The average Bonchev–Trinajstić information content (AvgIpc) is 2.92. The number of hydrogen-bond acceptors (Lipinski definition) is 4. The van der Waals surface area contributed by atoms with Crippen LogP contribution in [-0.2, 0) is 5.54 Å². The van der Waals surface area contributed by atoms with Gasteiger partial charge in [0.05, 0.1) is 5.54 Å². The van der Waals surface area contributed by atoms with Crippen LogP contribution in [0.1, 0.15) is 49.6 Å². The summed E-state index contributed by atoms with van der Waals surface area (Å²) in [5.74, 6) is 1.97. The number of nitrogens with zero attached hydrogens (tertiary/aromatic N) is 2. The van der Waals surface area contributed by atoms with Crippen molar-refractivity contribution < 1.29 is 4.52 Å². The standard InChI is InChI=1S/C17H23N3O/c1-11-6-8-17(18,9-7-11)16-19-15(21-20-16)14-5-4-12(2)10-13(14)3/h4-5,10-11H,6-9,18H2,1-3H3. The van der Waals surface area contributed by atoms with Crippen LogP contribution in [0.15, 0.2) is 22.7 Å². The van der Waals surface area contributed by atoms with Crippen molar-refractivity contribution in [2.24, 2.45) is 11.7 Å². The minimum Gasteiger partial charge on any atom is -0.334 e. The van der Waals surface area contributed by atoms with Gasteiger partial charge in [0.1, 0.15) is 0 Å². The highest BCUT2D eigenvalue weighted by molar-refractivity contribution is 5.58. The number of aryl methyl sites for hydroxylation is 2. The predicted octanol–water partition coefficient (Wildman–Crippen LogP) is 3.72. The Balaban J connectivity index is 1.89. The summed E-state index contributed by atoms with van der Waals surface area (Å²) in [5.41, 5.74) is 9.46. The summed E-state index contributed by atoms with van der Waals surface area (Å²) in [4.78, 5) is 4.59. The molecule has 1 aliphatic rings. The second-order valence-electron chi connectivity index (χ2n) is 6.58. The Morgan fingerprint density at radius 2 is 1.95 bits per heavy atom.